The van der Waals surface area contributed by atoms with Crippen molar-refractivity contribution in [3.8, 4) is 5.75 Å². The molecule has 142 valence electrons. The number of carbonyl (C=O) groups excluding carboxylic acids is 1. The molecule has 0 bridgehead atoms. The van der Waals surface area contributed by atoms with Gasteiger partial charge in [0.05, 0.1) is 17.6 Å². The van der Waals surface area contributed by atoms with Crippen molar-refractivity contribution in [2.24, 2.45) is 0 Å². The summed E-state index contributed by atoms with van der Waals surface area (Å²) in [5.41, 5.74) is 0.892. The number of rotatable bonds is 6. The molecule has 1 aliphatic heterocycles. The summed E-state index contributed by atoms with van der Waals surface area (Å²) in [6.45, 7) is 2.19. The molecule has 1 aromatic heterocycles. The van der Waals surface area contributed by atoms with Gasteiger partial charge in [-0.15, -0.1) is 0 Å². The third-order valence-electron chi connectivity index (χ3n) is 4.60. The second-order valence-electron chi connectivity index (χ2n) is 6.36. The van der Waals surface area contributed by atoms with Crippen LogP contribution in [0.25, 0.3) is 0 Å². The molecule has 0 unspecified atom stereocenters. The Bertz CT molecular complexity index is 834. The van der Waals surface area contributed by atoms with E-state index in [1.54, 1.807) is 6.20 Å². The van der Waals surface area contributed by atoms with E-state index in [2.05, 4.69) is 15.2 Å². The number of carbonyl (C=O) groups is 1. The number of hydrogen-bond donors (Lipinski definition) is 1. The number of amides is 1. The van der Waals surface area contributed by atoms with Crippen molar-refractivity contribution in [3.63, 3.8) is 0 Å². The third-order valence-corrected chi connectivity index (χ3v) is 4.60. The molecule has 2 aromatic rings. The van der Waals surface area contributed by atoms with Gasteiger partial charge in [-0.25, -0.2) is 4.98 Å². The van der Waals surface area contributed by atoms with Crippen LogP contribution in [0.15, 0.2) is 36.5 Å². The molecule has 0 spiro atoms. The van der Waals surface area contributed by atoms with Crippen molar-refractivity contribution in [3.05, 3.63) is 57.8 Å². The Balaban J connectivity index is 1.77. The predicted octanol–water partition coefficient (Wildman–Crippen LogP) is 2.92. The zero-order chi connectivity index (χ0) is 19.2. The lowest BCUT2D eigenvalue weighted by molar-refractivity contribution is -0.384. The number of nitro benzene ring substituents is 1. The van der Waals surface area contributed by atoms with Crippen LogP contribution in [0.2, 0.25) is 0 Å². The fourth-order valence-corrected chi connectivity index (χ4v) is 3.22. The zero-order valence-corrected chi connectivity index (χ0v) is 15.2. The van der Waals surface area contributed by atoms with E-state index in [9.17, 15) is 14.9 Å². The topological polar surface area (TPSA) is 97.6 Å². The van der Waals surface area contributed by atoms with E-state index >= 15 is 0 Å². The number of hydrogen-bond acceptors (Lipinski definition) is 6. The lowest BCUT2D eigenvalue weighted by Crippen LogP contribution is -2.32. The van der Waals surface area contributed by atoms with Gasteiger partial charge in [-0.1, -0.05) is 6.07 Å². The van der Waals surface area contributed by atoms with Crippen LogP contribution in [0.1, 0.15) is 35.2 Å². The number of methoxy groups -OCH3 is 1. The van der Waals surface area contributed by atoms with E-state index in [0.29, 0.717) is 5.75 Å². The van der Waals surface area contributed by atoms with E-state index in [4.69, 9.17) is 4.74 Å². The highest BCUT2D eigenvalue weighted by atomic mass is 16.6. The summed E-state index contributed by atoms with van der Waals surface area (Å²) in [6, 6.07) is 7.73. The Kier molecular flexibility index (Phi) is 5.85. The van der Waals surface area contributed by atoms with Crippen LogP contribution in [0.4, 0.5) is 11.5 Å². The lowest BCUT2D eigenvalue weighted by atomic mass is 10.1. The highest BCUT2D eigenvalue weighted by Crippen LogP contribution is 2.25. The molecule has 3 rings (SSSR count). The largest absolute Gasteiger partial charge is 0.496 e. The van der Waals surface area contributed by atoms with Gasteiger partial charge < -0.3 is 15.0 Å². The van der Waals surface area contributed by atoms with Gasteiger partial charge >= 0.3 is 0 Å². The molecular weight excluding hydrogens is 348 g/mol. The van der Waals surface area contributed by atoms with Gasteiger partial charge in [0.25, 0.3) is 11.6 Å². The minimum absolute atomic E-state index is 0.134. The summed E-state index contributed by atoms with van der Waals surface area (Å²) in [7, 11) is 1.42. The molecule has 2 heterocycles. The fraction of sp³-hybridized carbons (Fsp3) is 0.368. The molecule has 0 atom stereocenters. The molecule has 8 heteroatoms. The standard InChI is InChI=1S/C19H22N4O4/c1-27-17-8-7-15(23(25)26)12-16(17)19(24)21-13-14-6-5-9-20-18(14)22-10-3-2-4-11-22/h5-9,12H,2-4,10-11,13H2,1H3,(H,21,24). The highest BCUT2D eigenvalue weighted by molar-refractivity contribution is 5.97. The lowest BCUT2D eigenvalue weighted by Gasteiger charge is -2.29. The number of non-ortho nitro benzene ring substituents is 1. The maximum absolute atomic E-state index is 12.6. The summed E-state index contributed by atoms with van der Waals surface area (Å²) in [6.07, 6.45) is 5.24. The van der Waals surface area contributed by atoms with E-state index < -0.39 is 10.8 Å². The first-order valence-electron chi connectivity index (χ1n) is 8.89. The third kappa shape index (κ3) is 4.33. The quantitative estimate of drug-likeness (QED) is 0.620. The van der Waals surface area contributed by atoms with Crippen LogP contribution in [0.5, 0.6) is 5.75 Å². The number of anilines is 1. The predicted molar refractivity (Wildman–Crippen MR) is 101 cm³/mol. The molecular formula is C19H22N4O4. The smallest absolute Gasteiger partial charge is 0.270 e. The number of aromatic nitrogens is 1. The highest BCUT2D eigenvalue weighted by Gasteiger charge is 2.19. The molecule has 8 nitrogen and oxygen atoms in total. The van der Waals surface area contributed by atoms with Crippen molar-refractivity contribution < 1.29 is 14.5 Å². The maximum atomic E-state index is 12.6. The van der Waals surface area contributed by atoms with Gasteiger partial charge in [0.2, 0.25) is 0 Å². The Hall–Kier alpha value is -3.16. The molecule has 1 N–H and O–H groups in total. The molecule has 0 saturated carbocycles. The van der Waals surface area contributed by atoms with Crippen LogP contribution in [-0.2, 0) is 6.54 Å². The molecule has 1 amide bonds. The van der Waals surface area contributed by atoms with Gasteiger partial charge in [-0.05, 0) is 31.4 Å². The number of benzene rings is 1. The molecule has 1 fully saturated rings. The van der Waals surface area contributed by atoms with Crippen LogP contribution in [0, 0.1) is 10.1 Å². The second-order valence-corrected chi connectivity index (χ2v) is 6.36. The normalized spacial score (nSPS) is 13.9. The van der Waals surface area contributed by atoms with Crippen LogP contribution in [0.3, 0.4) is 0 Å². The van der Waals surface area contributed by atoms with Crippen molar-refractivity contribution in [2.45, 2.75) is 25.8 Å². The number of nitro groups is 1. The summed E-state index contributed by atoms with van der Waals surface area (Å²) >= 11 is 0. The molecule has 1 aliphatic rings. The number of ether oxygens (including phenoxy) is 1. The Morgan fingerprint density at radius 1 is 1.30 bits per heavy atom. The number of nitrogens with zero attached hydrogens (tertiary/aromatic N) is 3. The van der Waals surface area contributed by atoms with Crippen molar-refractivity contribution in [1.29, 1.82) is 0 Å². The second kappa shape index (κ2) is 8.48. The Morgan fingerprint density at radius 2 is 2.07 bits per heavy atom. The molecule has 0 aliphatic carbocycles. The Morgan fingerprint density at radius 3 is 2.78 bits per heavy atom. The minimum Gasteiger partial charge on any atom is -0.496 e. The minimum atomic E-state index is -0.536. The molecule has 1 aromatic carbocycles. The molecule has 0 radical (unpaired) electrons. The summed E-state index contributed by atoms with van der Waals surface area (Å²) in [5.74, 6) is 0.744. The van der Waals surface area contributed by atoms with Crippen molar-refractivity contribution in [1.82, 2.24) is 10.3 Å². The average molecular weight is 370 g/mol. The van der Waals surface area contributed by atoms with Gasteiger partial charge in [0.1, 0.15) is 11.6 Å². The number of piperidine rings is 1. The first-order valence-corrected chi connectivity index (χ1v) is 8.89. The van der Waals surface area contributed by atoms with Crippen LogP contribution in [-0.4, -0.2) is 36.0 Å². The number of nitrogens with one attached hydrogen (secondary N) is 1. The summed E-state index contributed by atoms with van der Waals surface area (Å²) < 4.78 is 5.17. The first kappa shape index (κ1) is 18.6. The van der Waals surface area contributed by atoms with Crippen LogP contribution >= 0.6 is 0 Å². The SMILES string of the molecule is COc1ccc([N+](=O)[O-])cc1C(=O)NCc1cccnc1N1CCCCC1. The van der Waals surface area contributed by atoms with Crippen LogP contribution < -0.4 is 15.0 Å². The van der Waals surface area contributed by atoms with Crippen molar-refractivity contribution in [2.75, 3.05) is 25.1 Å². The maximum Gasteiger partial charge on any atom is 0.270 e. The average Bonchev–Trinajstić information content (AvgIpc) is 2.72. The van der Waals surface area contributed by atoms with Gasteiger partial charge in [0.15, 0.2) is 0 Å². The first-order chi connectivity index (χ1) is 13.1. The molecule has 27 heavy (non-hydrogen) atoms. The van der Waals surface area contributed by atoms with Gasteiger partial charge in [-0.2, -0.15) is 0 Å². The molecule has 1 saturated heterocycles. The van der Waals surface area contributed by atoms with E-state index in [-0.39, 0.29) is 17.8 Å². The van der Waals surface area contributed by atoms with E-state index in [0.717, 1.165) is 37.3 Å². The number of pyridine rings is 1. The zero-order valence-electron chi connectivity index (χ0n) is 15.2. The van der Waals surface area contributed by atoms with Gasteiger partial charge in [0, 0.05) is 43.5 Å². The van der Waals surface area contributed by atoms with E-state index in [1.807, 2.05) is 12.1 Å². The summed E-state index contributed by atoms with van der Waals surface area (Å²) in [5, 5.41) is 13.8. The van der Waals surface area contributed by atoms with Gasteiger partial charge in [-0.3, -0.25) is 14.9 Å². The van der Waals surface area contributed by atoms with Crippen molar-refractivity contribution >= 4 is 17.4 Å². The fourth-order valence-electron chi connectivity index (χ4n) is 3.22. The monoisotopic (exact) mass is 370 g/mol. The Labute approximate surface area is 157 Å². The summed E-state index contributed by atoms with van der Waals surface area (Å²) in [4.78, 5) is 29.8. The van der Waals surface area contributed by atoms with E-state index in [1.165, 1.54) is 31.7 Å².